The van der Waals surface area contributed by atoms with E-state index < -0.39 is 5.56 Å². The lowest BCUT2D eigenvalue weighted by Gasteiger charge is -2.10. The molecule has 4 nitrogen and oxygen atoms in total. The number of nitrogens with one attached hydrogen (secondary N) is 1. The number of hydrogen-bond donors (Lipinski definition) is 1. The first-order chi connectivity index (χ1) is 14.5. The van der Waals surface area contributed by atoms with E-state index in [-0.39, 0.29) is 5.56 Å². The zero-order valence-electron chi connectivity index (χ0n) is 15.5. The highest BCUT2D eigenvalue weighted by Crippen LogP contribution is 2.38. The Hall–Kier alpha value is -3.04. The largest absolute Gasteiger partial charge is 0.489 e. The highest BCUT2D eigenvalue weighted by molar-refractivity contribution is 7.20. The van der Waals surface area contributed by atoms with Gasteiger partial charge in [0.25, 0.3) is 5.56 Å². The van der Waals surface area contributed by atoms with Crippen molar-refractivity contribution in [3.63, 3.8) is 0 Å². The van der Waals surface area contributed by atoms with Crippen molar-refractivity contribution in [2.75, 3.05) is 0 Å². The van der Waals surface area contributed by atoms with Gasteiger partial charge in [-0.15, -0.1) is 11.3 Å². The van der Waals surface area contributed by atoms with Gasteiger partial charge in [-0.05, 0) is 35.4 Å². The van der Waals surface area contributed by atoms with Crippen molar-refractivity contribution < 1.29 is 4.74 Å². The SMILES string of the molecule is N#Cc1c(-c2ccc(OCc3ccccc3)cc2)cc(-c2cc(Cl)sc2Cl)[nH]c1=O. The Morgan fingerprint density at radius 2 is 1.73 bits per heavy atom. The summed E-state index contributed by atoms with van der Waals surface area (Å²) in [5.74, 6) is 0.693. The predicted octanol–water partition coefficient (Wildman–Crippen LogP) is 6.53. The molecule has 7 heteroatoms. The molecule has 0 fully saturated rings. The molecule has 0 bridgehead atoms. The zero-order valence-corrected chi connectivity index (χ0v) is 17.8. The molecule has 0 saturated carbocycles. The Labute approximate surface area is 186 Å². The minimum absolute atomic E-state index is 0.0363. The van der Waals surface area contributed by atoms with Crippen LogP contribution in [-0.4, -0.2) is 4.98 Å². The molecular weight excluding hydrogens is 439 g/mol. The van der Waals surface area contributed by atoms with Gasteiger partial charge in [-0.25, -0.2) is 0 Å². The van der Waals surface area contributed by atoms with E-state index in [2.05, 4.69) is 4.98 Å². The third-order valence-electron chi connectivity index (χ3n) is 4.51. The molecule has 4 rings (SSSR count). The second-order valence-electron chi connectivity index (χ2n) is 6.45. The molecule has 0 spiro atoms. The summed E-state index contributed by atoms with van der Waals surface area (Å²) < 4.78 is 6.80. The van der Waals surface area contributed by atoms with Crippen LogP contribution in [0.2, 0.25) is 8.67 Å². The minimum Gasteiger partial charge on any atom is -0.489 e. The van der Waals surface area contributed by atoms with Gasteiger partial charge in [-0.1, -0.05) is 65.7 Å². The Balaban J connectivity index is 1.66. The van der Waals surface area contributed by atoms with E-state index in [0.29, 0.717) is 37.8 Å². The normalized spacial score (nSPS) is 10.6. The maximum atomic E-state index is 12.5. The molecular formula is C23H14Cl2N2O2S. The van der Waals surface area contributed by atoms with Gasteiger partial charge in [0.05, 0.1) is 10.0 Å². The van der Waals surface area contributed by atoms with Crippen molar-refractivity contribution in [1.29, 1.82) is 5.26 Å². The molecule has 0 aliphatic heterocycles. The number of ether oxygens (including phenoxy) is 1. The number of rotatable bonds is 5. The average molecular weight is 453 g/mol. The second-order valence-corrected chi connectivity index (χ2v) is 8.73. The van der Waals surface area contributed by atoms with Crippen LogP contribution in [0, 0.1) is 11.3 Å². The van der Waals surface area contributed by atoms with E-state index in [9.17, 15) is 10.1 Å². The Morgan fingerprint density at radius 1 is 1.00 bits per heavy atom. The molecule has 0 atom stereocenters. The molecule has 4 aromatic rings. The highest BCUT2D eigenvalue weighted by atomic mass is 35.5. The summed E-state index contributed by atoms with van der Waals surface area (Å²) in [5.41, 5.74) is 3.00. The third-order valence-corrected chi connectivity index (χ3v) is 5.99. The van der Waals surface area contributed by atoms with Crippen LogP contribution in [0.15, 0.2) is 71.5 Å². The van der Waals surface area contributed by atoms with Gasteiger partial charge < -0.3 is 9.72 Å². The number of halogens is 2. The van der Waals surface area contributed by atoms with E-state index >= 15 is 0 Å². The van der Waals surface area contributed by atoms with Gasteiger partial charge in [0, 0.05) is 11.1 Å². The van der Waals surface area contributed by atoms with Gasteiger partial charge in [0.2, 0.25) is 0 Å². The molecule has 0 amide bonds. The smallest absolute Gasteiger partial charge is 0.266 e. The van der Waals surface area contributed by atoms with E-state index in [4.69, 9.17) is 27.9 Å². The average Bonchev–Trinajstić information content (AvgIpc) is 3.10. The molecule has 148 valence electrons. The third kappa shape index (κ3) is 4.27. The summed E-state index contributed by atoms with van der Waals surface area (Å²) in [4.78, 5) is 15.2. The number of aromatic amines is 1. The standard InChI is InChI=1S/C23H14Cl2N2O2S/c24-21-11-18(22(25)30-21)20-10-17(19(12-26)23(28)27-20)15-6-8-16(9-7-15)29-13-14-4-2-1-3-5-14/h1-11H,13H2,(H,27,28). The highest BCUT2D eigenvalue weighted by Gasteiger charge is 2.16. The number of H-pyrrole nitrogens is 1. The molecule has 0 aliphatic rings. The zero-order chi connectivity index (χ0) is 21.1. The van der Waals surface area contributed by atoms with Crippen molar-refractivity contribution in [2.24, 2.45) is 0 Å². The topological polar surface area (TPSA) is 65.9 Å². The van der Waals surface area contributed by atoms with Crippen LogP contribution < -0.4 is 10.3 Å². The summed E-state index contributed by atoms with van der Waals surface area (Å²) >= 11 is 13.5. The molecule has 0 radical (unpaired) electrons. The Bertz CT molecular complexity index is 1290. The first-order valence-electron chi connectivity index (χ1n) is 8.95. The van der Waals surface area contributed by atoms with Gasteiger partial charge in [0.15, 0.2) is 0 Å². The van der Waals surface area contributed by atoms with Crippen molar-refractivity contribution in [1.82, 2.24) is 4.98 Å². The molecule has 0 aliphatic carbocycles. The van der Waals surface area contributed by atoms with Gasteiger partial charge in [-0.2, -0.15) is 5.26 Å². The predicted molar refractivity (Wildman–Crippen MR) is 121 cm³/mol. The summed E-state index contributed by atoms with van der Waals surface area (Å²) in [6.45, 7) is 0.455. The minimum atomic E-state index is -0.479. The molecule has 2 aromatic heterocycles. The van der Waals surface area contributed by atoms with Crippen LogP contribution in [0.1, 0.15) is 11.1 Å². The van der Waals surface area contributed by atoms with Crippen LogP contribution >= 0.6 is 34.5 Å². The number of hydrogen-bond acceptors (Lipinski definition) is 4. The van der Waals surface area contributed by atoms with E-state index in [0.717, 1.165) is 11.1 Å². The van der Waals surface area contributed by atoms with Crippen LogP contribution in [0.5, 0.6) is 5.75 Å². The molecule has 2 aromatic carbocycles. The van der Waals surface area contributed by atoms with Crippen LogP contribution in [0.25, 0.3) is 22.4 Å². The van der Waals surface area contributed by atoms with E-state index in [1.165, 1.54) is 11.3 Å². The molecule has 30 heavy (non-hydrogen) atoms. The fourth-order valence-electron chi connectivity index (χ4n) is 3.04. The maximum absolute atomic E-state index is 12.5. The van der Waals surface area contributed by atoms with Gasteiger partial charge >= 0.3 is 0 Å². The van der Waals surface area contributed by atoms with Gasteiger partial charge in [-0.3, -0.25) is 4.79 Å². The molecule has 0 unspecified atom stereocenters. The van der Waals surface area contributed by atoms with Crippen molar-refractivity contribution in [3.05, 3.63) is 96.9 Å². The summed E-state index contributed by atoms with van der Waals surface area (Å²) in [6.07, 6.45) is 0. The van der Waals surface area contributed by atoms with Gasteiger partial charge in [0.1, 0.15) is 28.3 Å². The van der Waals surface area contributed by atoms with Crippen LogP contribution in [-0.2, 0) is 6.61 Å². The summed E-state index contributed by atoms with van der Waals surface area (Å²) in [6, 6.07) is 22.6. The molecule has 2 heterocycles. The number of aromatic nitrogens is 1. The van der Waals surface area contributed by atoms with E-state index in [1.54, 1.807) is 12.1 Å². The Morgan fingerprint density at radius 3 is 2.37 bits per heavy atom. The maximum Gasteiger partial charge on any atom is 0.266 e. The van der Waals surface area contributed by atoms with Crippen LogP contribution in [0.3, 0.4) is 0 Å². The Kier molecular flexibility index (Phi) is 5.91. The van der Waals surface area contributed by atoms with E-state index in [1.807, 2.05) is 60.7 Å². The first-order valence-corrected chi connectivity index (χ1v) is 10.5. The number of nitrogens with zero attached hydrogens (tertiary/aromatic N) is 1. The van der Waals surface area contributed by atoms with Crippen molar-refractivity contribution >= 4 is 34.5 Å². The summed E-state index contributed by atoms with van der Waals surface area (Å²) in [7, 11) is 0. The molecule has 1 N–H and O–H groups in total. The number of benzene rings is 2. The first kappa shape index (κ1) is 20.2. The number of thiophene rings is 1. The fourth-order valence-corrected chi connectivity index (χ4v) is 4.53. The number of nitriles is 1. The second kappa shape index (κ2) is 8.76. The number of pyridine rings is 1. The lowest BCUT2D eigenvalue weighted by atomic mass is 9.99. The van der Waals surface area contributed by atoms with Crippen molar-refractivity contribution in [3.8, 4) is 34.2 Å². The lowest BCUT2D eigenvalue weighted by molar-refractivity contribution is 0.306. The fraction of sp³-hybridized carbons (Fsp3) is 0.0435. The molecule has 0 saturated heterocycles. The lowest BCUT2D eigenvalue weighted by Crippen LogP contribution is -2.12. The van der Waals surface area contributed by atoms with Crippen LogP contribution in [0.4, 0.5) is 0 Å². The summed E-state index contributed by atoms with van der Waals surface area (Å²) in [5, 5.41) is 9.51. The quantitative estimate of drug-likeness (QED) is 0.374. The van der Waals surface area contributed by atoms with Crippen molar-refractivity contribution in [2.45, 2.75) is 6.61 Å². The monoisotopic (exact) mass is 452 g/mol.